The highest BCUT2D eigenvalue weighted by atomic mass is 35.5. The average Bonchev–Trinajstić information content (AvgIpc) is 2.70. The zero-order valence-electron chi connectivity index (χ0n) is 11.7. The Morgan fingerprint density at radius 1 is 1.50 bits per heavy atom. The molecule has 1 aliphatic carbocycles. The second kappa shape index (κ2) is 5.64. The van der Waals surface area contributed by atoms with Gasteiger partial charge in [-0.05, 0) is 37.5 Å². The first-order chi connectivity index (χ1) is 9.28. The van der Waals surface area contributed by atoms with Crippen LogP contribution in [0.3, 0.4) is 0 Å². The van der Waals surface area contributed by atoms with Crippen molar-refractivity contribution < 1.29 is 13.5 Å². The van der Waals surface area contributed by atoms with E-state index in [1.54, 1.807) is 12.1 Å². The Morgan fingerprint density at radius 3 is 2.80 bits per heavy atom. The van der Waals surface area contributed by atoms with Crippen LogP contribution in [0.4, 0.5) is 0 Å². The van der Waals surface area contributed by atoms with Crippen molar-refractivity contribution in [1.82, 2.24) is 4.72 Å². The number of hydrogen-bond donors (Lipinski definition) is 2. The average molecular weight is 318 g/mol. The number of rotatable bonds is 4. The Hall–Kier alpha value is -0.620. The smallest absolute Gasteiger partial charge is 0.242 e. The van der Waals surface area contributed by atoms with Crippen LogP contribution in [-0.4, -0.2) is 26.2 Å². The molecule has 6 heteroatoms. The summed E-state index contributed by atoms with van der Waals surface area (Å²) in [5, 5.41) is 9.72. The Morgan fingerprint density at radius 2 is 2.20 bits per heavy atom. The third kappa shape index (κ3) is 3.01. The van der Waals surface area contributed by atoms with Gasteiger partial charge in [0.2, 0.25) is 10.0 Å². The third-order valence-corrected chi connectivity index (χ3v) is 6.07. The summed E-state index contributed by atoms with van der Waals surface area (Å²) in [6, 6.07) is 4.62. The summed E-state index contributed by atoms with van der Waals surface area (Å²) in [6.07, 6.45) is 2.46. The van der Waals surface area contributed by atoms with Gasteiger partial charge in [-0.2, -0.15) is 0 Å². The molecule has 0 amide bonds. The number of benzene rings is 1. The lowest BCUT2D eigenvalue weighted by molar-refractivity contribution is 0.127. The summed E-state index contributed by atoms with van der Waals surface area (Å²) in [4.78, 5) is 0.0944. The highest BCUT2D eigenvalue weighted by molar-refractivity contribution is 7.89. The summed E-state index contributed by atoms with van der Waals surface area (Å²) in [7, 11) is -3.67. The van der Waals surface area contributed by atoms with Crippen molar-refractivity contribution in [2.75, 3.05) is 6.61 Å². The van der Waals surface area contributed by atoms with E-state index in [4.69, 9.17) is 11.6 Å². The first-order valence-electron chi connectivity index (χ1n) is 6.68. The highest BCUT2D eigenvalue weighted by Gasteiger charge is 2.40. The number of aliphatic hydroxyl groups excluding tert-OH is 1. The lowest BCUT2D eigenvalue weighted by Crippen LogP contribution is -2.44. The molecule has 20 heavy (non-hydrogen) atoms. The number of aliphatic hydroxyl groups is 1. The molecule has 2 unspecified atom stereocenters. The maximum Gasteiger partial charge on any atom is 0.242 e. The molecule has 0 spiro atoms. The van der Waals surface area contributed by atoms with Crippen molar-refractivity contribution in [1.29, 1.82) is 0 Å². The highest BCUT2D eigenvalue weighted by Crippen LogP contribution is 2.38. The topological polar surface area (TPSA) is 66.4 Å². The molecule has 0 aromatic heterocycles. The lowest BCUT2D eigenvalue weighted by Gasteiger charge is -2.30. The van der Waals surface area contributed by atoms with Crippen LogP contribution in [0.5, 0.6) is 0 Å². The zero-order chi connectivity index (χ0) is 15.0. The molecule has 1 saturated carbocycles. The molecule has 2 N–H and O–H groups in total. The zero-order valence-corrected chi connectivity index (χ0v) is 13.3. The minimum Gasteiger partial charge on any atom is -0.396 e. The molecule has 1 aliphatic rings. The van der Waals surface area contributed by atoms with Gasteiger partial charge in [-0.1, -0.05) is 31.0 Å². The predicted molar refractivity (Wildman–Crippen MR) is 79.3 cm³/mol. The van der Waals surface area contributed by atoms with Crippen LogP contribution in [0, 0.1) is 12.3 Å². The minimum atomic E-state index is -3.67. The molecule has 0 radical (unpaired) electrons. The van der Waals surface area contributed by atoms with Gasteiger partial charge in [-0.15, -0.1) is 0 Å². The molecule has 0 aliphatic heterocycles. The maximum absolute atomic E-state index is 12.4. The quantitative estimate of drug-likeness (QED) is 0.896. The van der Waals surface area contributed by atoms with E-state index in [1.807, 2.05) is 13.8 Å². The number of halogens is 1. The first-order valence-corrected chi connectivity index (χ1v) is 8.54. The van der Waals surface area contributed by atoms with E-state index in [0.717, 1.165) is 24.8 Å². The van der Waals surface area contributed by atoms with E-state index >= 15 is 0 Å². The molecule has 0 heterocycles. The van der Waals surface area contributed by atoms with Crippen LogP contribution in [-0.2, 0) is 10.0 Å². The predicted octanol–water partition coefficient (Wildman–Crippen LogP) is 2.48. The molecule has 2 rings (SSSR count). The molecular formula is C14H20ClNO3S. The van der Waals surface area contributed by atoms with E-state index < -0.39 is 15.4 Å². The van der Waals surface area contributed by atoms with Crippen molar-refractivity contribution in [3.63, 3.8) is 0 Å². The van der Waals surface area contributed by atoms with Crippen LogP contribution >= 0.6 is 11.6 Å². The van der Waals surface area contributed by atoms with E-state index in [-0.39, 0.29) is 22.6 Å². The van der Waals surface area contributed by atoms with Gasteiger partial charge in [0.05, 0.1) is 5.02 Å². The largest absolute Gasteiger partial charge is 0.396 e. The van der Waals surface area contributed by atoms with Gasteiger partial charge in [-0.3, -0.25) is 0 Å². The van der Waals surface area contributed by atoms with Crippen molar-refractivity contribution >= 4 is 21.6 Å². The molecular weight excluding hydrogens is 298 g/mol. The van der Waals surface area contributed by atoms with Crippen LogP contribution in [0.25, 0.3) is 0 Å². The monoisotopic (exact) mass is 317 g/mol. The van der Waals surface area contributed by atoms with Crippen molar-refractivity contribution in [2.45, 2.75) is 44.0 Å². The fourth-order valence-corrected chi connectivity index (χ4v) is 4.70. The van der Waals surface area contributed by atoms with Crippen molar-refractivity contribution in [3.8, 4) is 0 Å². The van der Waals surface area contributed by atoms with Crippen molar-refractivity contribution in [3.05, 3.63) is 28.8 Å². The van der Waals surface area contributed by atoms with E-state index in [2.05, 4.69) is 4.72 Å². The van der Waals surface area contributed by atoms with E-state index in [1.165, 1.54) is 6.07 Å². The van der Waals surface area contributed by atoms with Gasteiger partial charge < -0.3 is 5.11 Å². The Kier molecular flexibility index (Phi) is 4.44. The minimum absolute atomic E-state index is 0.0260. The fourth-order valence-electron chi connectivity index (χ4n) is 2.70. The van der Waals surface area contributed by atoms with Gasteiger partial charge in [0.1, 0.15) is 4.90 Å². The number of sulfonamides is 1. The van der Waals surface area contributed by atoms with Gasteiger partial charge in [0, 0.05) is 18.1 Å². The number of aryl methyl sites for hydroxylation is 1. The van der Waals surface area contributed by atoms with Gasteiger partial charge in [0.25, 0.3) is 0 Å². The van der Waals surface area contributed by atoms with Gasteiger partial charge >= 0.3 is 0 Å². The van der Waals surface area contributed by atoms with E-state index in [9.17, 15) is 13.5 Å². The van der Waals surface area contributed by atoms with Crippen LogP contribution in [0.15, 0.2) is 23.1 Å². The second-order valence-corrected chi connectivity index (χ2v) is 7.90. The molecule has 1 aromatic rings. The van der Waals surface area contributed by atoms with Gasteiger partial charge in [0.15, 0.2) is 0 Å². The van der Waals surface area contributed by atoms with E-state index in [0.29, 0.717) is 0 Å². The summed E-state index contributed by atoms with van der Waals surface area (Å²) in [5.74, 6) is 0. The number of nitrogens with one attached hydrogen (secondary N) is 1. The normalized spacial score (nSPS) is 26.9. The summed E-state index contributed by atoms with van der Waals surface area (Å²) in [6.45, 7) is 3.74. The molecule has 0 bridgehead atoms. The second-order valence-electron chi connectivity index (χ2n) is 5.81. The molecule has 1 fully saturated rings. The molecule has 4 nitrogen and oxygen atoms in total. The van der Waals surface area contributed by atoms with Crippen LogP contribution in [0.1, 0.15) is 31.7 Å². The SMILES string of the molecule is Cc1ccc(S(=O)(=O)NC2CCCC2(C)CO)c(Cl)c1. The molecule has 112 valence electrons. The Bertz CT molecular complexity index is 602. The number of hydrogen-bond acceptors (Lipinski definition) is 3. The molecule has 1 aromatic carbocycles. The molecule has 0 saturated heterocycles. The lowest BCUT2D eigenvalue weighted by atomic mass is 9.86. The fraction of sp³-hybridized carbons (Fsp3) is 0.571. The Balaban J connectivity index is 2.28. The maximum atomic E-state index is 12.4. The summed E-state index contributed by atoms with van der Waals surface area (Å²) < 4.78 is 27.6. The summed E-state index contributed by atoms with van der Waals surface area (Å²) in [5.41, 5.74) is 0.513. The third-order valence-electron chi connectivity index (χ3n) is 4.12. The molecule has 2 atom stereocenters. The Labute approximate surface area is 125 Å². The first kappa shape index (κ1) is 15.8. The van der Waals surface area contributed by atoms with Crippen molar-refractivity contribution in [2.24, 2.45) is 5.41 Å². The van der Waals surface area contributed by atoms with Crippen LogP contribution in [0.2, 0.25) is 5.02 Å². The van der Waals surface area contributed by atoms with Gasteiger partial charge in [-0.25, -0.2) is 13.1 Å². The summed E-state index contributed by atoms with van der Waals surface area (Å²) >= 11 is 6.04. The standard InChI is InChI=1S/C14H20ClNO3S/c1-10-5-6-12(11(15)8-10)20(18,19)16-13-4-3-7-14(13,2)9-17/h5-6,8,13,16-17H,3-4,7,9H2,1-2H3. The van der Waals surface area contributed by atoms with Crippen LogP contribution < -0.4 is 4.72 Å².